The van der Waals surface area contributed by atoms with Gasteiger partial charge in [0, 0.05) is 11.6 Å². The Bertz CT molecular complexity index is 558. The molecule has 0 aliphatic heterocycles. The SMILES string of the molecule is CCNC(=NCC(C)(C)C(N)=O)NCC(C)Oc1ccc(Cl)cc1. The lowest BCUT2D eigenvalue weighted by molar-refractivity contribution is -0.125. The molecule has 0 heterocycles. The van der Waals surface area contributed by atoms with Gasteiger partial charge in [0.1, 0.15) is 11.9 Å². The second-order valence-electron chi connectivity index (χ2n) is 6.21. The van der Waals surface area contributed by atoms with Gasteiger partial charge in [0.15, 0.2) is 5.96 Å². The molecular weight excluding hydrogens is 328 g/mol. The van der Waals surface area contributed by atoms with Gasteiger partial charge in [0.05, 0.1) is 18.5 Å². The van der Waals surface area contributed by atoms with Gasteiger partial charge >= 0.3 is 0 Å². The maximum absolute atomic E-state index is 11.4. The highest BCUT2D eigenvalue weighted by molar-refractivity contribution is 6.30. The van der Waals surface area contributed by atoms with E-state index in [2.05, 4.69) is 15.6 Å². The first-order chi connectivity index (χ1) is 11.2. The van der Waals surface area contributed by atoms with E-state index in [0.717, 1.165) is 12.3 Å². The number of carbonyl (C=O) groups is 1. The third-order valence-electron chi connectivity index (χ3n) is 3.35. The van der Waals surface area contributed by atoms with Crippen LogP contribution in [0.2, 0.25) is 5.02 Å². The van der Waals surface area contributed by atoms with E-state index in [-0.39, 0.29) is 12.0 Å². The van der Waals surface area contributed by atoms with Crippen LogP contribution in [0.15, 0.2) is 29.3 Å². The molecule has 0 aromatic heterocycles. The number of primary amides is 1. The van der Waals surface area contributed by atoms with E-state index in [0.29, 0.717) is 24.1 Å². The van der Waals surface area contributed by atoms with Crippen molar-refractivity contribution in [3.05, 3.63) is 29.3 Å². The predicted molar refractivity (Wildman–Crippen MR) is 98.5 cm³/mol. The van der Waals surface area contributed by atoms with Crippen LogP contribution in [0.1, 0.15) is 27.7 Å². The highest BCUT2D eigenvalue weighted by atomic mass is 35.5. The normalized spacial score (nSPS) is 13.3. The number of nitrogens with one attached hydrogen (secondary N) is 2. The summed E-state index contributed by atoms with van der Waals surface area (Å²) in [6.07, 6.45) is -0.0702. The largest absolute Gasteiger partial charge is 0.489 e. The molecule has 1 aromatic carbocycles. The van der Waals surface area contributed by atoms with Gasteiger partial charge in [0.2, 0.25) is 5.91 Å². The first-order valence-electron chi connectivity index (χ1n) is 7.99. The molecule has 0 saturated carbocycles. The Morgan fingerprint density at radius 1 is 1.33 bits per heavy atom. The summed E-state index contributed by atoms with van der Waals surface area (Å²) in [4.78, 5) is 15.8. The summed E-state index contributed by atoms with van der Waals surface area (Å²) in [5.74, 6) is 1.01. The van der Waals surface area contributed by atoms with Gasteiger partial charge in [-0.05, 0) is 52.0 Å². The summed E-state index contributed by atoms with van der Waals surface area (Å²) >= 11 is 5.85. The molecule has 1 atom stereocenters. The standard InChI is InChI=1S/C17H27ClN4O2/c1-5-20-16(22-11-17(3,4)15(19)23)21-10-12(2)24-14-8-6-13(18)7-9-14/h6-9,12H,5,10-11H2,1-4H3,(H2,19,23)(H2,20,21,22). The number of nitrogens with two attached hydrogens (primary N) is 1. The Hall–Kier alpha value is -1.95. The topological polar surface area (TPSA) is 88.7 Å². The van der Waals surface area contributed by atoms with Crippen LogP contribution < -0.4 is 21.1 Å². The second-order valence-corrected chi connectivity index (χ2v) is 6.64. The summed E-state index contributed by atoms with van der Waals surface area (Å²) in [7, 11) is 0. The van der Waals surface area contributed by atoms with Crippen molar-refractivity contribution in [1.82, 2.24) is 10.6 Å². The van der Waals surface area contributed by atoms with Gasteiger partial charge in [-0.15, -0.1) is 0 Å². The van der Waals surface area contributed by atoms with E-state index in [4.69, 9.17) is 22.1 Å². The molecule has 0 aliphatic rings. The predicted octanol–water partition coefficient (Wildman–Crippen LogP) is 2.17. The molecule has 6 nitrogen and oxygen atoms in total. The Kier molecular flexibility index (Phi) is 7.85. The number of rotatable bonds is 8. The Morgan fingerprint density at radius 3 is 2.50 bits per heavy atom. The number of hydrogen-bond donors (Lipinski definition) is 3. The molecular formula is C17H27ClN4O2. The van der Waals surface area contributed by atoms with Crippen LogP contribution >= 0.6 is 11.6 Å². The zero-order valence-corrected chi connectivity index (χ0v) is 15.5. The van der Waals surface area contributed by atoms with Crippen LogP contribution in [0.4, 0.5) is 0 Å². The molecule has 0 aliphatic carbocycles. The van der Waals surface area contributed by atoms with Gasteiger partial charge in [-0.25, -0.2) is 0 Å². The average molecular weight is 355 g/mol. The number of aliphatic imine (C=N–C) groups is 1. The smallest absolute Gasteiger partial charge is 0.224 e. The minimum atomic E-state index is -0.687. The van der Waals surface area contributed by atoms with Crippen LogP contribution in [0.3, 0.4) is 0 Å². The number of halogens is 1. The summed E-state index contributed by atoms with van der Waals surface area (Å²) in [6, 6.07) is 7.23. The first kappa shape index (κ1) is 20.1. The van der Waals surface area contributed by atoms with E-state index in [1.54, 1.807) is 26.0 Å². The fourth-order valence-electron chi connectivity index (χ4n) is 1.72. The highest BCUT2D eigenvalue weighted by Gasteiger charge is 2.24. The Morgan fingerprint density at radius 2 is 1.96 bits per heavy atom. The fourth-order valence-corrected chi connectivity index (χ4v) is 1.85. The maximum Gasteiger partial charge on any atom is 0.224 e. The monoisotopic (exact) mass is 354 g/mol. The lowest BCUT2D eigenvalue weighted by Gasteiger charge is -2.20. The Labute approximate surface area is 148 Å². The molecule has 0 spiro atoms. The first-order valence-corrected chi connectivity index (χ1v) is 8.36. The molecule has 1 amide bonds. The van der Waals surface area contributed by atoms with E-state index in [9.17, 15) is 4.79 Å². The van der Waals surface area contributed by atoms with Gasteiger partial charge in [-0.3, -0.25) is 9.79 Å². The van der Waals surface area contributed by atoms with Crippen molar-refractivity contribution in [2.24, 2.45) is 16.1 Å². The van der Waals surface area contributed by atoms with Crippen molar-refractivity contribution in [2.75, 3.05) is 19.6 Å². The lowest BCUT2D eigenvalue weighted by atomic mass is 9.93. The average Bonchev–Trinajstić information content (AvgIpc) is 2.52. The molecule has 1 unspecified atom stereocenters. The number of guanidine groups is 1. The molecule has 24 heavy (non-hydrogen) atoms. The number of benzene rings is 1. The van der Waals surface area contributed by atoms with Gasteiger partial charge in [-0.1, -0.05) is 11.6 Å². The van der Waals surface area contributed by atoms with Crippen molar-refractivity contribution in [2.45, 2.75) is 33.8 Å². The third kappa shape index (κ3) is 7.08. The second kappa shape index (κ2) is 9.37. The van der Waals surface area contributed by atoms with Crippen molar-refractivity contribution in [1.29, 1.82) is 0 Å². The summed E-state index contributed by atoms with van der Waals surface area (Å²) < 4.78 is 5.80. The van der Waals surface area contributed by atoms with Gasteiger partial charge in [0.25, 0.3) is 0 Å². The van der Waals surface area contributed by atoms with Crippen LogP contribution in [0.5, 0.6) is 5.75 Å². The molecule has 0 bridgehead atoms. The molecule has 4 N–H and O–H groups in total. The zero-order chi connectivity index (χ0) is 18.2. The number of carbonyl (C=O) groups excluding carboxylic acids is 1. The number of hydrogen-bond acceptors (Lipinski definition) is 3. The fraction of sp³-hybridized carbons (Fsp3) is 0.529. The highest BCUT2D eigenvalue weighted by Crippen LogP contribution is 2.16. The van der Waals surface area contributed by atoms with Crippen molar-refractivity contribution in [3.63, 3.8) is 0 Å². The molecule has 134 valence electrons. The molecule has 0 radical (unpaired) electrons. The summed E-state index contributed by atoms with van der Waals surface area (Å²) in [5.41, 5.74) is 4.68. The minimum Gasteiger partial charge on any atom is -0.489 e. The van der Waals surface area contributed by atoms with Gasteiger partial charge < -0.3 is 21.1 Å². The summed E-state index contributed by atoms with van der Waals surface area (Å²) in [6.45, 7) is 9.07. The minimum absolute atomic E-state index is 0.0702. The molecule has 0 saturated heterocycles. The molecule has 7 heteroatoms. The quantitative estimate of drug-likeness (QED) is 0.493. The van der Waals surface area contributed by atoms with Gasteiger partial charge in [-0.2, -0.15) is 0 Å². The van der Waals surface area contributed by atoms with Crippen LogP contribution in [0, 0.1) is 5.41 Å². The van der Waals surface area contributed by atoms with Crippen molar-refractivity contribution < 1.29 is 9.53 Å². The molecule has 0 fully saturated rings. The Balaban J connectivity index is 2.55. The number of nitrogens with zero attached hydrogens (tertiary/aromatic N) is 1. The van der Waals surface area contributed by atoms with Crippen molar-refractivity contribution in [3.8, 4) is 5.75 Å². The lowest BCUT2D eigenvalue weighted by Crippen LogP contribution is -2.43. The van der Waals surface area contributed by atoms with Crippen LogP contribution in [0.25, 0.3) is 0 Å². The zero-order valence-electron chi connectivity index (χ0n) is 14.7. The molecule has 1 aromatic rings. The van der Waals surface area contributed by atoms with E-state index in [1.807, 2.05) is 26.0 Å². The third-order valence-corrected chi connectivity index (χ3v) is 3.60. The number of ether oxygens (including phenoxy) is 1. The molecule has 1 rings (SSSR count). The van der Waals surface area contributed by atoms with Crippen LogP contribution in [-0.4, -0.2) is 37.6 Å². The van der Waals surface area contributed by atoms with E-state index in [1.165, 1.54) is 0 Å². The van der Waals surface area contributed by atoms with E-state index >= 15 is 0 Å². The van der Waals surface area contributed by atoms with E-state index < -0.39 is 5.41 Å². The van der Waals surface area contributed by atoms with Crippen LogP contribution in [-0.2, 0) is 4.79 Å². The van der Waals surface area contributed by atoms with Crippen molar-refractivity contribution >= 4 is 23.5 Å². The number of amides is 1. The maximum atomic E-state index is 11.4. The summed E-state index contributed by atoms with van der Waals surface area (Å²) in [5, 5.41) is 7.01.